The monoisotopic (exact) mass is 297 g/mol. The summed E-state index contributed by atoms with van der Waals surface area (Å²) in [6, 6.07) is 0. The van der Waals surface area contributed by atoms with Crippen LogP contribution in [0.1, 0.15) is 0 Å². The zero-order chi connectivity index (χ0) is 9.78. The molecule has 0 saturated heterocycles. The predicted octanol–water partition coefficient (Wildman–Crippen LogP) is 2.94. The lowest BCUT2D eigenvalue weighted by Gasteiger charge is -2.03. The van der Waals surface area contributed by atoms with Crippen LogP contribution in [0.3, 0.4) is 0 Å². The molecule has 0 aromatic carbocycles. The molecule has 0 heterocycles. The van der Waals surface area contributed by atoms with Gasteiger partial charge in [0.05, 0.1) is 0 Å². The van der Waals surface area contributed by atoms with Crippen molar-refractivity contribution in [3.8, 4) is 0 Å². The topological polar surface area (TPSA) is 12.0 Å². The lowest BCUT2D eigenvalue weighted by Crippen LogP contribution is -2.20. The molecule has 1 nitrogen and oxygen atoms in total. The van der Waals surface area contributed by atoms with Gasteiger partial charge in [0.25, 0.3) is 0 Å². The zero-order valence-corrected chi connectivity index (χ0v) is 12.1. The summed E-state index contributed by atoms with van der Waals surface area (Å²) in [4.78, 5) is 0. The molecule has 6 heteroatoms. The molecule has 0 aliphatic carbocycles. The third-order valence-corrected chi connectivity index (χ3v) is 4.09. The molecule has 0 saturated carbocycles. The van der Waals surface area contributed by atoms with Crippen LogP contribution in [0.5, 0.6) is 0 Å². The van der Waals surface area contributed by atoms with Gasteiger partial charge in [0, 0.05) is 47.9 Å². The number of hydrogen-bond donors (Lipinski definition) is 1. The molecule has 0 rings (SSSR count). The minimum Gasteiger partial charge on any atom is -0.315 e. The fourth-order valence-corrected chi connectivity index (χ4v) is 2.59. The van der Waals surface area contributed by atoms with Crippen LogP contribution in [-0.2, 0) is 0 Å². The van der Waals surface area contributed by atoms with Gasteiger partial charge in [0.1, 0.15) is 0 Å². The molecule has 0 unspecified atom stereocenters. The van der Waals surface area contributed by atoms with Gasteiger partial charge in [-0.2, -0.15) is 23.5 Å². The second kappa shape index (κ2) is 16.9. The summed E-state index contributed by atoms with van der Waals surface area (Å²) in [6.07, 6.45) is 0. The quantitative estimate of drug-likeness (QED) is 0.492. The van der Waals surface area contributed by atoms with Gasteiger partial charge in [-0.3, -0.25) is 0 Å². The summed E-state index contributed by atoms with van der Waals surface area (Å²) in [6.45, 7) is 2.17. The van der Waals surface area contributed by atoms with Crippen LogP contribution in [0.4, 0.5) is 0 Å². The largest absolute Gasteiger partial charge is 0.315 e. The Bertz CT molecular complexity index is 88.7. The minimum absolute atomic E-state index is 0. The summed E-state index contributed by atoms with van der Waals surface area (Å²) in [7, 11) is 0. The normalized spacial score (nSPS) is 9.86. The molecule has 0 spiro atoms. The van der Waals surface area contributed by atoms with E-state index in [0.29, 0.717) is 0 Å². The van der Waals surface area contributed by atoms with Crippen LogP contribution in [0, 0.1) is 0 Å². The first kappa shape index (κ1) is 17.9. The highest BCUT2D eigenvalue weighted by Crippen LogP contribution is 2.00. The van der Waals surface area contributed by atoms with Crippen molar-refractivity contribution in [2.45, 2.75) is 0 Å². The van der Waals surface area contributed by atoms with E-state index in [-0.39, 0.29) is 12.4 Å². The van der Waals surface area contributed by atoms with Gasteiger partial charge in [-0.25, -0.2) is 0 Å². The molecule has 0 aliphatic rings. The molecule has 14 heavy (non-hydrogen) atoms. The molecule has 0 aromatic rings. The van der Waals surface area contributed by atoms with E-state index in [9.17, 15) is 0 Å². The van der Waals surface area contributed by atoms with Crippen molar-refractivity contribution in [2.24, 2.45) is 0 Å². The molecule has 88 valence electrons. The molecule has 0 aromatic heterocycles. The van der Waals surface area contributed by atoms with E-state index in [1.165, 1.54) is 0 Å². The van der Waals surface area contributed by atoms with Gasteiger partial charge in [-0.15, -0.1) is 35.6 Å². The van der Waals surface area contributed by atoms with Crippen molar-refractivity contribution in [1.82, 2.24) is 5.32 Å². The Balaban J connectivity index is 0. The molecule has 0 amide bonds. The smallest absolute Gasteiger partial charge is 0.0314 e. The summed E-state index contributed by atoms with van der Waals surface area (Å²) < 4.78 is 0. The predicted molar refractivity (Wildman–Crippen MR) is 76.2 cm³/mol. The van der Waals surface area contributed by atoms with Gasteiger partial charge < -0.3 is 5.32 Å². The third-order valence-electron chi connectivity index (χ3n) is 1.29. The first-order chi connectivity index (χ1) is 6.41. The van der Waals surface area contributed by atoms with Crippen LogP contribution < -0.4 is 5.32 Å². The number of rotatable bonds is 10. The number of nitrogens with one attached hydrogen (secondary N) is 1. The summed E-state index contributed by atoms with van der Waals surface area (Å²) in [5.74, 6) is 5.96. The Morgan fingerprint density at radius 1 is 0.786 bits per heavy atom. The summed E-state index contributed by atoms with van der Waals surface area (Å²) in [5, 5.41) is 3.38. The van der Waals surface area contributed by atoms with Gasteiger partial charge >= 0.3 is 0 Å². The lowest BCUT2D eigenvalue weighted by atomic mass is 10.7. The molecule has 0 radical (unpaired) electrons. The molecular formula is C8H18Cl3NS2. The van der Waals surface area contributed by atoms with Gasteiger partial charge in [-0.05, 0) is 0 Å². The van der Waals surface area contributed by atoms with E-state index in [4.69, 9.17) is 23.2 Å². The number of alkyl halides is 2. The van der Waals surface area contributed by atoms with Gasteiger partial charge in [-0.1, -0.05) is 0 Å². The number of thioether (sulfide) groups is 2. The van der Waals surface area contributed by atoms with Crippen molar-refractivity contribution >= 4 is 59.1 Å². The van der Waals surface area contributed by atoms with E-state index >= 15 is 0 Å². The first-order valence-corrected chi connectivity index (χ1v) is 7.77. The Morgan fingerprint density at radius 3 is 1.57 bits per heavy atom. The maximum absolute atomic E-state index is 5.54. The van der Waals surface area contributed by atoms with Crippen molar-refractivity contribution in [3.63, 3.8) is 0 Å². The molecular weight excluding hydrogens is 281 g/mol. The van der Waals surface area contributed by atoms with E-state index in [2.05, 4.69) is 5.32 Å². The van der Waals surface area contributed by atoms with Crippen LogP contribution in [0.25, 0.3) is 0 Å². The molecule has 1 N–H and O–H groups in total. The fraction of sp³-hybridized carbons (Fsp3) is 1.00. The van der Waals surface area contributed by atoms with Crippen LogP contribution in [-0.4, -0.2) is 47.9 Å². The maximum Gasteiger partial charge on any atom is 0.0314 e. The standard InChI is InChI=1S/C8H17Cl2NS2.ClH/c9-1-5-12-7-3-11-4-8-13-6-2-10;/h11H,1-8H2;1H. The summed E-state index contributed by atoms with van der Waals surface area (Å²) >= 11 is 14.9. The Kier molecular flexibility index (Phi) is 21.7. The highest BCUT2D eigenvalue weighted by atomic mass is 35.5. The number of halogens is 3. The van der Waals surface area contributed by atoms with E-state index < -0.39 is 0 Å². The van der Waals surface area contributed by atoms with E-state index in [1.54, 1.807) is 0 Å². The minimum atomic E-state index is 0. The SMILES string of the molecule is Cl.ClCCSCCNCCSCCCl. The second-order valence-electron chi connectivity index (χ2n) is 2.35. The van der Waals surface area contributed by atoms with Gasteiger partial charge in [0.2, 0.25) is 0 Å². The van der Waals surface area contributed by atoms with Crippen LogP contribution in [0.15, 0.2) is 0 Å². The molecule has 0 bridgehead atoms. The fourth-order valence-electron chi connectivity index (χ4n) is 0.727. The van der Waals surface area contributed by atoms with E-state index in [0.717, 1.165) is 47.9 Å². The average molecular weight is 299 g/mol. The molecule has 0 aliphatic heterocycles. The highest BCUT2D eigenvalue weighted by Gasteiger charge is 1.90. The van der Waals surface area contributed by atoms with Crippen molar-refractivity contribution in [1.29, 1.82) is 0 Å². The third kappa shape index (κ3) is 16.0. The first-order valence-electron chi connectivity index (χ1n) is 4.40. The molecule has 0 fully saturated rings. The van der Waals surface area contributed by atoms with Crippen molar-refractivity contribution in [3.05, 3.63) is 0 Å². The molecule has 0 atom stereocenters. The number of hydrogen-bond acceptors (Lipinski definition) is 3. The highest BCUT2D eigenvalue weighted by molar-refractivity contribution is 7.99. The van der Waals surface area contributed by atoms with E-state index in [1.807, 2.05) is 23.5 Å². The van der Waals surface area contributed by atoms with Crippen LogP contribution in [0.2, 0.25) is 0 Å². The average Bonchev–Trinajstić information content (AvgIpc) is 2.16. The van der Waals surface area contributed by atoms with Crippen molar-refractivity contribution in [2.75, 3.05) is 47.9 Å². The Hall–Kier alpha value is 1.53. The van der Waals surface area contributed by atoms with Gasteiger partial charge in [0.15, 0.2) is 0 Å². The zero-order valence-electron chi connectivity index (χ0n) is 8.14. The summed E-state index contributed by atoms with van der Waals surface area (Å²) in [5.41, 5.74) is 0. The van der Waals surface area contributed by atoms with Crippen LogP contribution >= 0.6 is 59.1 Å². The lowest BCUT2D eigenvalue weighted by molar-refractivity contribution is 0.774. The Labute approximate surface area is 112 Å². The maximum atomic E-state index is 5.54. The van der Waals surface area contributed by atoms with Crippen molar-refractivity contribution < 1.29 is 0 Å². The second-order valence-corrected chi connectivity index (χ2v) is 5.56. The Morgan fingerprint density at radius 2 is 1.21 bits per heavy atom.